The molecule has 3 unspecified atom stereocenters. The molecule has 4 rings (SSSR count). The van der Waals surface area contributed by atoms with Gasteiger partial charge in [-0.15, -0.1) is 0 Å². The van der Waals surface area contributed by atoms with Crippen molar-refractivity contribution in [3.05, 3.63) is 59.2 Å². The summed E-state index contributed by atoms with van der Waals surface area (Å²) in [6.45, 7) is 5.31. The molecule has 2 aliphatic heterocycles. The van der Waals surface area contributed by atoms with E-state index in [1.165, 1.54) is 23.1 Å². The number of hydrogen-bond acceptors (Lipinski definition) is 4. The first-order valence-electron chi connectivity index (χ1n) is 10.4. The van der Waals surface area contributed by atoms with E-state index >= 15 is 0 Å². The van der Waals surface area contributed by atoms with Gasteiger partial charge >= 0.3 is 0 Å². The number of nitrogens with zero attached hydrogens (tertiary/aromatic N) is 1. The fourth-order valence-corrected chi connectivity index (χ4v) is 4.68. The van der Waals surface area contributed by atoms with Crippen molar-refractivity contribution in [1.82, 2.24) is 4.90 Å². The van der Waals surface area contributed by atoms with E-state index in [2.05, 4.69) is 54.3 Å². The molecule has 0 radical (unpaired) electrons. The Kier molecular flexibility index (Phi) is 5.88. The highest BCUT2D eigenvalue weighted by Crippen LogP contribution is 2.41. The summed E-state index contributed by atoms with van der Waals surface area (Å²) < 4.78 is 17.1. The van der Waals surface area contributed by atoms with Crippen LogP contribution in [0.15, 0.2) is 42.5 Å². The predicted molar refractivity (Wildman–Crippen MR) is 111 cm³/mol. The minimum Gasteiger partial charge on any atom is -0.493 e. The van der Waals surface area contributed by atoms with Gasteiger partial charge in [-0.2, -0.15) is 0 Å². The van der Waals surface area contributed by atoms with E-state index in [1.807, 2.05) is 0 Å². The van der Waals surface area contributed by atoms with E-state index in [9.17, 15) is 0 Å². The molecule has 28 heavy (non-hydrogen) atoms. The van der Waals surface area contributed by atoms with Crippen LogP contribution in [0.1, 0.15) is 42.5 Å². The molecule has 150 valence electrons. The van der Waals surface area contributed by atoms with Gasteiger partial charge in [0.1, 0.15) is 0 Å². The zero-order chi connectivity index (χ0) is 19.5. The highest BCUT2D eigenvalue weighted by Gasteiger charge is 2.32. The van der Waals surface area contributed by atoms with Crippen LogP contribution in [0, 0.1) is 5.92 Å². The third-order valence-electron chi connectivity index (χ3n) is 6.33. The Labute approximate surface area is 168 Å². The van der Waals surface area contributed by atoms with Crippen molar-refractivity contribution < 1.29 is 14.2 Å². The topological polar surface area (TPSA) is 30.9 Å². The molecule has 4 heteroatoms. The van der Waals surface area contributed by atoms with Crippen molar-refractivity contribution in [2.75, 3.05) is 33.9 Å². The molecule has 2 aliphatic rings. The second kappa shape index (κ2) is 8.54. The minimum absolute atomic E-state index is 0.237. The van der Waals surface area contributed by atoms with Gasteiger partial charge in [-0.05, 0) is 54.0 Å². The molecule has 2 aromatic rings. The lowest BCUT2D eigenvalue weighted by molar-refractivity contribution is 0.0705. The van der Waals surface area contributed by atoms with Gasteiger partial charge in [0.25, 0.3) is 0 Å². The van der Waals surface area contributed by atoms with Crippen molar-refractivity contribution >= 4 is 0 Å². The molecule has 4 nitrogen and oxygen atoms in total. The number of hydrogen-bond donors (Lipinski definition) is 0. The molecular formula is C24H31NO3. The summed E-state index contributed by atoms with van der Waals surface area (Å²) >= 11 is 0. The normalized spacial score (nSPS) is 24.8. The third-order valence-corrected chi connectivity index (χ3v) is 6.33. The van der Waals surface area contributed by atoms with Crippen LogP contribution in [0.2, 0.25) is 0 Å². The maximum atomic E-state index is 5.97. The van der Waals surface area contributed by atoms with Gasteiger partial charge in [-0.1, -0.05) is 37.3 Å². The van der Waals surface area contributed by atoms with E-state index in [-0.39, 0.29) is 6.04 Å². The van der Waals surface area contributed by atoms with Crippen LogP contribution in [0.4, 0.5) is 0 Å². The average Bonchev–Trinajstić information content (AvgIpc) is 3.16. The highest BCUT2D eigenvalue weighted by molar-refractivity contribution is 5.51. The van der Waals surface area contributed by atoms with E-state index < -0.39 is 0 Å². The van der Waals surface area contributed by atoms with Crippen molar-refractivity contribution in [2.24, 2.45) is 5.92 Å². The summed E-state index contributed by atoms with van der Waals surface area (Å²) in [5, 5.41) is 0. The zero-order valence-electron chi connectivity index (χ0n) is 17.2. The van der Waals surface area contributed by atoms with E-state index in [0.717, 1.165) is 44.0 Å². The second-order valence-corrected chi connectivity index (χ2v) is 7.97. The second-order valence-electron chi connectivity index (χ2n) is 7.97. The SMILES string of the molecule is COc1cc2c(cc1OC)C(c1ccccc1)N(CCC1OCCC1C)CC2. The van der Waals surface area contributed by atoms with Gasteiger partial charge < -0.3 is 14.2 Å². The van der Waals surface area contributed by atoms with Crippen molar-refractivity contribution in [2.45, 2.75) is 38.3 Å². The molecule has 3 atom stereocenters. The number of ether oxygens (including phenoxy) is 3. The molecule has 2 heterocycles. The van der Waals surface area contributed by atoms with Crippen molar-refractivity contribution in [3.63, 3.8) is 0 Å². The molecule has 1 saturated heterocycles. The Morgan fingerprint density at radius 1 is 1.07 bits per heavy atom. The summed E-state index contributed by atoms with van der Waals surface area (Å²) in [7, 11) is 3.41. The van der Waals surface area contributed by atoms with Gasteiger partial charge in [0.15, 0.2) is 11.5 Å². The summed E-state index contributed by atoms with van der Waals surface area (Å²) in [6, 6.07) is 15.4. The Bertz CT molecular complexity index is 792. The molecule has 0 bridgehead atoms. The minimum atomic E-state index is 0.237. The molecular weight excluding hydrogens is 350 g/mol. The van der Waals surface area contributed by atoms with Gasteiger partial charge in [-0.25, -0.2) is 0 Å². The Morgan fingerprint density at radius 2 is 1.82 bits per heavy atom. The fraction of sp³-hybridized carbons (Fsp3) is 0.500. The monoisotopic (exact) mass is 381 g/mol. The molecule has 0 spiro atoms. The van der Waals surface area contributed by atoms with E-state index in [4.69, 9.17) is 14.2 Å². The fourth-order valence-electron chi connectivity index (χ4n) is 4.68. The Morgan fingerprint density at radius 3 is 2.50 bits per heavy atom. The molecule has 0 N–H and O–H groups in total. The number of methoxy groups -OCH3 is 2. The standard InChI is InChI=1S/C24H31NO3/c1-17-11-14-28-21(17)10-13-25-12-9-19-15-22(26-2)23(27-3)16-20(19)24(25)18-7-5-4-6-8-18/h4-8,15-17,21,24H,9-14H2,1-3H3. The summed E-state index contributed by atoms with van der Waals surface area (Å²) in [5.74, 6) is 2.28. The first kappa shape index (κ1) is 19.3. The van der Waals surface area contributed by atoms with Crippen LogP contribution in [-0.2, 0) is 11.2 Å². The predicted octanol–water partition coefficient (Wildman–Crippen LogP) is 4.47. The van der Waals surface area contributed by atoms with Gasteiger partial charge in [-0.3, -0.25) is 4.90 Å². The summed E-state index contributed by atoms with van der Waals surface area (Å²) in [6.07, 6.45) is 3.70. The summed E-state index contributed by atoms with van der Waals surface area (Å²) in [5.41, 5.74) is 4.01. The largest absolute Gasteiger partial charge is 0.493 e. The third kappa shape index (κ3) is 3.76. The number of benzene rings is 2. The number of fused-ring (bicyclic) bond motifs is 1. The van der Waals surface area contributed by atoms with E-state index in [0.29, 0.717) is 12.0 Å². The quantitative estimate of drug-likeness (QED) is 0.739. The zero-order valence-corrected chi connectivity index (χ0v) is 17.2. The Balaban J connectivity index is 1.66. The van der Waals surface area contributed by atoms with Crippen LogP contribution in [0.25, 0.3) is 0 Å². The lowest BCUT2D eigenvalue weighted by Crippen LogP contribution is -2.38. The average molecular weight is 382 g/mol. The first-order valence-corrected chi connectivity index (χ1v) is 10.4. The number of rotatable bonds is 6. The van der Waals surface area contributed by atoms with E-state index in [1.54, 1.807) is 14.2 Å². The van der Waals surface area contributed by atoms with Gasteiger partial charge in [0, 0.05) is 19.7 Å². The van der Waals surface area contributed by atoms with Crippen LogP contribution in [-0.4, -0.2) is 44.9 Å². The van der Waals surface area contributed by atoms with Crippen LogP contribution in [0.3, 0.4) is 0 Å². The molecule has 1 fully saturated rings. The maximum absolute atomic E-state index is 5.97. The summed E-state index contributed by atoms with van der Waals surface area (Å²) in [4.78, 5) is 2.61. The van der Waals surface area contributed by atoms with Crippen LogP contribution < -0.4 is 9.47 Å². The van der Waals surface area contributed by atoms with Crippen molar-refractivity contribution in [1.29, 1.82) is 0 Å². The maximum Gasteiger partial charge on any atom is 0.161 e. The Hall–Kier alpha value is -2.04. The van der Waals surface area contributed by atoms with Gasteiger partial charge in [0.05, 0.1) is 26.4 Å². The molecule has 0 aromatic heterocycles. The smallest absolute Gasteiger partial charge is 0.161 e. The first-order chi connectivity index (χ1) is 13.7. The lowest BCUT2D eigenvalue weighted by atomic mass is 9.87. The lowest BCUT2D eigenvalue weighted by Gasteiger charge is -2.38. The van der Waals surface area contributed by atoms with Crippen molar-refractivity contribution in [3.8, 4) is 11.5 Å². The molecule has 2 aromatic carbocycles. The highest BCUT2D eigenvalue weighted by atomic mass is 16.5. The molecule has 0 amide bonds. The van der Waals surface area contributed by atoms with Crippen LogP contribution >= 0.6 is 0 Å². The molecule has 0 saturated carbocycles. The molecule has 0 aliphatic carbocycles. The van der Waals surface area contributed by atoms with Crippen LogP contribution in [0.5, 0.6) is 11.5 Å². The van der Waals surface area contributed by atoms with Gasteiger partial charge in [0.2, 0.25) is 0 Å².